The number of hydrogen-bond donors (Lipinski definition) is 2. The Morgan fingerprint density at radius 1 is 1.26 bits per heavy atom. The number of hydrogen-bond acceptors (Lipinski definition) is 5. The molecule has 1 aliphatic heterocycles. The molecule has 0 amide bonds. The van der Waals surface area contributed by atoms with Crippen LogP contribution >= 0.6 is 0 Å². The molecule has 0 saturated carbocycles. The van der Waals surface area contributed by atoms with E-state index in [-0.39, 0.29) is 6.10 Å². The minimum atomic E-state index is -0.298. The van der Waals surface area contributed by atoms with Gasteiger partial charge >= 0.3 is 0 Å². The normalized spacial score (nSPS) is 21.2. The summed E-state index contributed by atoms with van der Waals surface area (Å²) in [7, 11) is 0. The molecule has 6 nitrogen and oxygen atoms in total. The molecule has 23 heavy (non-hydrogen) atoms. The molecule has 2 atom stereocenters. The standard InChI is InChI=1S/C17H19N5O/c1-2-12-9-13(23)10-22(12)17-14-5-8-19-16(14)20-15(21-17)11-3-6-18-7-4-11/h3-8,12-13,23H,2,9-10H2,1H3,(H,19,20,21)/t12-,13+/m0/s1. The first kappa shape index (κ1) is 14.1. The van der Waals surface area contributed by atoms with Gasteiger partial charge in [-0.05, 0) is 31.0 Å². The minimum absolute atomic E-state index is 0.298. The van der Waals surface area contributed by atoms with Crippen LogP contribution in [0.2, 0.25) is 0 Å². The fourth-order valence-electron chi connectivity index (χ4n) is 3.31. The largest absolute Gasteiger partial charge is 0.391 e. The van der Waals surface area contributed by atoms with Gasteiger partial charge in [0, 0.05) is 36.7 Å². The molecule has 0 unspecified atom stereocenters. The number of aliphatic hydroxyl groups is 1. The fourth-order valence-corrected chi connectivity index (χ4v) is 3.31. The first-order valence-electron chi connectivity index (χ1n) is 7.96. The number of nitrogens with zero attached hydrogens (tertiary/aromatic N) is 4. The van der Waals surface area contributed by atoms with E-state index in [1.807, 2.05) is 24.4 Å². The first-order chi connectivity index (χ1) is 11.3. The molecule has 118 valence electrons. The average molecular weight is 309 g/mol. The molecule has 3 aromatic rings. The number of rotatable bonds is 3. The minimum Gasteiger partial charge on any atom is -0.391 e. The molecular formula is C17H19N5O. The van der Waals surface area contributed by atoms with E-state index in [0.29, 0.717) is 18.4 Å². The van der Waals surface area contributed by atoms with Crippen LogP contribution in [0.25, 0.3) is 22.4 Å². The van der Waals surface area contributed by atoms with Crippen molar-refractivity contribution in [3.05, 3.63) is 36.8 Å². The lowest BCUT2D eigenvalue weighted by Gasteiger charge is -2.25. The van der Waals surface area contributed by atoms with Gasteiger partial charge in [0.1, 0.15) is 11.5 Å². The topological polar surface area (TPSA) is 77.9 Å². The van der Waals surface area contributed by atoms with E-state index in [4.69, 9.17) is 4.98 Å². The van der Waals surface area contributed by atoms with Gasteiger partial charge in [-0.3, -0.25) is 4.98 Å². The van der Waals surface area contributed by atoms with Gasteiger partial charge in [0.25, 0.3) is 0 Å². The highest BCUT2D eigenvalue weighted by Gasteiger charge is 2.32. The van der Waals surface area contributed by atoms with E-state index in [2.05, 4.69) is 26.8 Å². The fraction of sp³-hybridized carbons (Fsp3) is 0.353. The zero-order chi connectivity index (χ0) is 15.8. The van der Waals surface area contributed by atoms with Crippen LogP contribution in [-0.2, 0) is 0 Å². The third-order valence-electron chi connectivity index (χ3n) is 4.47. The Kier molecular flexibility index (Phi) is 3.46. The molecule has 2 N–H and O–H groups in total. The third-order valence-corrected chi connectivity index (χ3v) is 4.47. The van der Waals surface area contributed by atoms with Gasteiger partial charge in [0.05, 0.1) is 11.5 Å². The molecule has 3 aromatic heterocycles. The van der Waals surface area contributed by atoms with Gasteiger partial charge in [0.15, 0.2) is 5.82 Å². The van der Waals surface area contributed by atoms with Crippen molar-refractivity contribution in [3.63, 3.8) is 0 Å². The summed E-state index contributed by atoms with van der Waals surface area (Å²) in [5.41, 5.74) is 1.75. The van der Waals surface area contributed by atoms with Gasteiger partial charge in [-0.1, -0.05) is 6.92 Å². The maximum atomic E-state index is 10.1. The van der Waals surface area contributed by atoms with Gasteiger partial charge in [0.2, 0.25) is 0 Å². The summed E-state index contributed by atoms with van der Waals surface area (Å²) in [6.45, 7) is 2.76. The number of pyridine rings is 1. The molecular weight excluding hydrogens is 290 g/mol. The predicted octanol–water partition coefficient (Wildman–Crippen LogP) is 2.37. The number of nitrogens with one attached hydrogen (secondary N) is 1. The quantitative estimate of drug-likeness (QED) is 0.776. The van der Waals surface area contributed by atoms with Crippen LogP contribution in [0, 0.1) is 0 Å². The lowest BCUT2D eigenvalue weighted by atomic mass is 10.1. The second-order valence-electron chi connectivity index (χ2n) is 5.95. The maximum Gasteiger partial charge on any atom is 0.164 e. The predicted molar refractivity (Wildman–Crippen MR) is 89.2 cm³/mol. The number of H-pyrrole nitrogens is 1. The molecule has 6 heteroatoms. The van der Waals surface area contributed by atoms with Crippen molar-refractivity contribution in [3.8, 4) is 11.4 Å². The van der Waals surface area contributed by atoms with Crippen molar-refractivity contribution in [1.29, 1.82) is 0 Å². The monoisotopic (exact) mass is 309 g/mol. The van der Waals surface area contributed by atoms with Gasteiger partial charge in [-0.2, -0.15) is 0 Å². The summed E-state index contributed by atoms with van der Waals surface area (Å²) in [5, 5.41) is 11.1. The second-order valence-corrected chi connectivity index (χ2v) is 5.95. The van der Waals surface area contributed by atoms with Crippen molar-refractivity contribution >= 4 is 16.9 Å². The first-order valence-corrected chi connectivity index (χ1v) is 7.96. The number of fused-ring (bicyclic) bond motifs is 1. The molecule has 4 heterocycles. The molecule has 0 aromatic carbocycles. The Hall–Kier alpha value is -2.47. The second kappa shape index (κ2) is 5.62. The summed E-state index contributed by atoms with van der Waals surface area (Å²) >= 11 is 0. The summed E-state index contributed by atoms with van der Waals surface area (Å²) in [4.78, 5) is 18.9. The SMILES string of the molecule is CC[C@H]1C[C@@H](O)CN1c1nc(-c2ccncc2)nc2[nH]ccc12. The summed E-state index contributed by atoms with van der Waals surface area (Å²) in [6.07, 6.45) is 6.84. The number of aromatic amines is 1. The van der Waals surface area contributed by atoms with Gasteiger partial charge in [-0.25, -0.2) is 9.97 Å². The van der Waals surface area contributed by atoms with Crippen molar-refractivity contribution < 1.29 is 5.11 Å². The highest BCUT2D eigenvalue weighted by Crippen LogP contribution is 2.32. The smallest absolute Gasteiger partial charge is 0.164 e. The van der Waals surface area contributed by atoms with E-state index in [0.717, 1.165) is 35.3 Å². The van der Waals surface area contributed by atoms with Crippen LogP contribution in [0.3, 0.4) is 0 Å². The zero-order valence-corrected chi connectivity index (χ0v) is 13.0. The van der Waals surface area contributed by atoms with Crippen LogP contribution < -0.4 is 4.90 Å². The molecule has 0 radical (unpaired) electrons. The third kappa shape index (κ3) is 2.45. The van der Waals surface area contributed by atoms with Crippen molar-refractivity contribution in [2.24, 2.45) is 0 Å². The van der Waals surface area contributed by atoms with Crippen LogP contribution in [0.1, 0.15) is 19.8 Å². The summed E-state index contributed by atoms with van der Waals surface area (Å²) in [6, 6.07) is 6.12. The van der Waals surface area contributed by atoms with Crippen LogP contribution in [-0.4, -0.2) is 43.7 Å². The average Bonchev–Trinajstić information content (AvgIpc) is 3.20. The lowest BCUT2D eigenvalue weighted by Crippen LogP contribution is -2.30. The molecule has 0 aliphatic carbocycles. The van der Waals surface area contributed by atoms with Crippen LogP contribution in [0.15, 0.2) is 36.8 Å². The van der Waals surface area contributed by atoms with Crippen LogP contribution in [0.5, 0.6) is 0 Å². The summed E-state index contributed by atoms with van der Waals surface area (Å²) in [5.74, 6) is 1.57. The van der Waals surface area contributed by atoms with E-state index in [1.54, 1.807) is 12.4 Å². The Balaban J connectivity index is 1.87. The van der Waals surface area contributed by atoms with Gasteiger partial charge < -0.3 is 15.0 Å². The van der Waals surface area contributed by atoms with E-state index in [1.165, 1.54) is 0 Å². The number of aromatic nitrogens is 4. The van der Waals surface area contributed by atoms with E-state index >= 15 is 0 Å². The van der Waals surface area contributed by atoms with Crippen molar-refractivity contribution in [2.75, 3.05) is 11.4 Å². The Labute approximate surface area is 134 Å². The Morgan fingerprint density at radius 3 is 2.87 bits per heavy atom. The molecule has 0 spiro atoms. The van der Waals surface area contributed by atoms with E-state index < -0.39 is 0 Å². The highest BCUT2D eigenvalue weighted by atomic mass is 16.3. The van der Waals surface area contributed by atoms with Crippen molar-refractivity contribution in [2.45, 2.75) is 31.9 Å². The number of anilines is 1. The number of aliphatic hydroxyl groups excluding tert-OH is 1. The van der Waals surface area contributed by atoms with Gasteiger partial charge in [-0.15, -0.1) is 0 Å². The Morgan fingerprint density at radius 2 is 2.09 bits per heavy atom. The molecule has 4 rings (SSSR count). The highest BCUT2D eigenvalue weighted by molar-refractivity contribution is 5.89. The molecule has 1 saturated heterocycles. The van der Waals surface area contributed by atoms with E-state index in [9.17, 15) is 5.11 Å². The summed E-state index contributed by atoms with van der Waals surface area (Å²) < 4.78 is 0. The molecule has 0 bridgehead atoms. The van der Waals surface area contributed by atoms with Crippen molar-refractivity contribution in [1.82, 2.24) is 19.9 Å². The van der Waals surface area contributed by atoms with Crippen LogP contribution in [0.4, 0.5) is 5.82 Å². The zero-order valence-electron chi connectivity index (χ0n) is 13.0. The Bertz CT molecular complexity index is 816. The molecule has 1 aliphatic rings. The maximum absolute atomic E-state index is 10.1. The number of β-amino-alcohol motifs (C(OH)–C–C–N with tert-alkyl or cyclic N) is 1. The molecule has 1 fully saturated rings. The lowest BCUT2D eigenvalue weighted by molar-refractivity contribution is 0.194.